The molecule has 0 aliphatic rings. The van der Waals surface area contributed by atoms with Gasteiger partial charge in [-0.25, -0.2) is 9.78 Å². The average Bonchev–Trinajstić information content (AvgIpc) is 2.75. The number of aromatic nitrogens is 1. The summed E-state index contributed by atoms with van der Waals surface area (Å²) in [6.45, 7) is 0. The van der Waals surface area contributed by atoms with Crippen LogP contribution in [0.15, 0.2) is 30.5 Å². The van der Waals surface area contributed by atoms with Gasteiger partial charge in [0, 0.05) is 5.56 Å². The van der Waals surface area contributed by atoms with Gasteiger partial charge in [0.1, 0.15) is 5.01 Å². The van der Waals surface area contributed by atoms with E-state index in [4.69, 9.17) is 0 Å². The van der Waals surface area contributed by atoms with Crippen LogP contribution in [0.2, 0.25) is 0 Å². The molecule has 0 unspecified atom stereocenters. The Balaban J connectivity index is 2.29. The molecule has 0 aliphatic carbocycles. The first-order chi connectivity index (χ1) is 7.70. The summed E-state index contributed by atoms with van der Waals surface area (Å²) in [5.74, 6) is -0.319. The second-order valence-corrected chi connectivity index (χ2v) is 5.96. The third-order valence-electron chi connectivity index (χ3n) is 2.03. The molecule has 2 rings (SSSR count). The Bertz CT molecular complexity index is 507. The summed E-state index contributed by atoms with van der Waals surface area (Å²) in [6.07, 6.45) is 1.83. The molecular weight excluding hydrogens is 337 g/mol. The van der Waals surface area contributed by atoms with E-state index in [1.165, 1.54) is 7.11 Å². The van der Waals surface area contributed by atoms with Gasteiger partial charge in [-0.3, -0.25) is 0 Å². The SMILES string of the molecule is COC(=O)c1ccc(-c2ncc(I)s2)cc1. The van der Waals surface area contributed by atoms with Crippen LogP contribution in [-0.4, -0.2) is 18.1 Å². The van der Waals surface area contributed by atoms with Gasteiger partial charge in [0.15, 0.2) is 0 Å². The molecule has 1 aromatic carbocycles. The van der Waals surface area contributed by atoms with Crippen LogP contribution in [0, 0.1) is 2.88 Å². The van der Waals surface area contributed by atoms with Gasteiger partial charge in [0.05, 0.1) is 21.8 Å². The summed E-state index contributed by atoms with van der Waals surface area (Å²) >= 11 is 3.85. The van der Waals surface area contributed by atoms with E-state index in [0.717, 1.165) is 13.5 Å². The van der Waals surface area contributed by atoms with E-state index in [2.05, 4.69) is 32.3 Å². The molecule has 0 radical (unpaired) electrons. The molecule has 82 valence electrons. The van der Waals surface area contributed by atoms with Crippen LogP contribution in [-0.2, 0) is 4.74 Å². The Morgan fingerprint density at radius 3 is 2.56 bits per heavy atom. The first-order valence-electron chi connectivity index (χ1n) is 4.51. The molecule has 0 fully saturated rings. The van der Waals surface area contributed by atoms with Gasteiger partial charge >= 0.3 is 5.97 Å². The Morgan fingerprint density at radius 2 is 2.06 bits per heavy atom. The highest BCUT2D eigenvalue weighted by atomic mass is 127. The lowest BCUT2D eigenvalue weighted by molar-refractivity contribution is 0.0601. The minimum atomic E-state index is -0.319. The van der Waals surface area contributed by atoms with Gasteiger partial charge < -0.3 is 4.74 Å². The fourth-order valence-electron chi connectivity index (χ4n) is 1.25. The number of esters is 1. The smallest absolute Gasteiger partial charge is 0.337 e. The summed E-state index contributed by atoms with van der Waals surface area (Å²) in [6, 6.07) is 7.24. The Labute approximate surface area is 111 Å². The third kappa shape index (κ3) is 2.41. The molecule has 0 amide bonds. The van der Waals surface area contributed by atoms with E-state index in [0.29, 0.717) is 5.56 Å². The molecule has 5 heteroatoms. The third-order valence-corrected chi connectivity index (χ3v) is 3.80. The average molecular weight is 345 g/mol. The van der Waals surface area contributed by atoms with Crippen molar-refractivity contribution in [3.8, 4) is 10.6 Å². The highest BCUT2D eigenvalue weighted by Gasteiger charge is 2.07. The van der Waals surface area contributed by atoms with E-state index in [1.54, 1.807) is 23.5 Å². The predicted octanol–water partition coefficient (Wildman–Crippen LogP) is 3.20. The van der Waals surface area contributed by atoms with Crippen molar-refractivity contribution in [3.63, 3.8) is 0 Å². The van der Waals surface area contributed by atoms with Gasteiger partial charge in [-0.1, -0.05) is 12.1 Å². The van der Waals surface area contributed by atoms with Gasteiger partial charge in [-0.15, -0.1) is 11.3 Å². The lowest BCUT2D eigenvalue weighted by atomic mass is 10.1. The van der Waals surface area contributed by atoms with E-state index in [1.807, 2.05) is 18.3 Å². The zero-order chi connectivity index (χ0) is 11.5. The number of methoxy groups -OCH3 is 1. The monoisotopic (exact) mass is 345 g/mol. The van der Waals surface area contributed by atoms with Gasteiger partial charge in [0.2, 0.25) is 0 Å². The number of hydrogen-bond acceptors (Lipinski definition) is 4. The van der Waals surface area contributed by atoms with Crippen molar-refractivity contribution >= 4 is 39.9 Å². The molecule has 0 aliphatic heterocycles. The van der Waals surface area contributed by atoms with Gasteiger partial charge in [-0.2, -0.15) is 0 Å². The quantitative estimate of drug-likeness (QED) is 0.620. The molecule has 0 spiro atoms. The Hall–Kier alpha value is -0.950. The Kier molecular flexibility index (Phi) is 3.55. The number of halogens is 1. The lowest BCUT2D eigenvalue weighted by Crippen LogP contribution is -2.00. The van der Waals surface area contributed by atoms with Crippen molar-refractivity contribution in [1.29, 1.82) is 0 Å². The number of nitrogens with zero attached hydrogens (tertiary/aromatic N) is 1. The molecule has 1 aromatic heterocycles. The van der Waals surface area contributed by atoms with Crippen molar-refractivity contribution in [2.45, 2.75) is 0 Å². The van der Waals surface area contributed by atoms with Crippen LogP contribution in [0.25, 0.3) is 10.6 Å². The molecule has 0 bridgehead atoms. The lowest BCUT2D eigenvalue weighted by Gasteiger charge is -2.00. The number of benzene rings is 1. The maximum atomic E-state index is 11.2. The molecule has 0 saturated heterocycles. The zero-order valence-corrected chi connectivity index (χ0v) is 11.4. The molecular formula is C11H8INO2S. The minimum Gasteiger partial charge on any atom is -0.465 e. The summed E-state index contributed by atoms with van der Waals surface area (Å²) in [4.78, 5) is 15.5. The van der Waals surface area contributed by atoms with Crippen molar-refractivity contribution in [3.05, 3.63) is 38.9 Å². The second kappa shape index (κ2) is 4.92. The standard InChI is InChI=1S/C11H8INO2S/c1-15-11(14)8-4-2-7(3-5-8)10-13-6-9(12)16-10/h2-6H,1H3. The maximum Gasteiger partial charge on any atom is 0.337 e. The molecule has 0 saturated carbocycles. The number of rotatable bonds is 2. The fraction of sp³-hybridized carbons (Fsp3) is 0.0909. The number of carbonyl (C=O) groups excluding carboxylic acids is 1. The summed E-state index contributed by atoms with van der Waals surface area (Å²) in [5, 5.41) is 0.959. The number of thiazole rings is 1. The van der Waals surface area contributed by atoms with Crippen LogP contribution < -0.4 is 0 Å². The normalized spacial score (nSPS) is 10.1. The molecule has 16 heavy (non-hydrogen) atoms. The van der Waals surface area contributed by atoms with Crippen LogP contribution in [0.4, 0.5) is 0 Å². The Morgan fingerprint density at radius 1 is 1.38 bits per heavy atom. The van der Waals surface area contributed by atoms with E-state index in [-0.39, 0.29) is 5.97 Å². The van der Waals surface area contributed by atoms with E-state index < -0.39 is 0 Å². The van der Waals surface area contributed by atoms with Crippen LogP contribution in [0.5, 0.6) is 0 Å². The highest BCUT2D eigenvalue weighted by Crippen LogP contribution is 2.26. The molecule has 0 N–H and O–H groups in total. The van der Waals surface area contributed by atoms with Crippen LogP contribution >= 0.6 is 33.9 Å². The van der Waals surface area contributed by atoms with Gasteiger partial charge in [-0.05, 0) is 34.7 Å². The number of carbonyl (C=O) groups is 1. The molecule has 3 nitrogen and oxygen atoms in total. The second-order valence-electron chi connectivity index (χ2n) is 3.04. The molecule has 1 heterocycles. The predicted molar refractivity (Wildman–Crippen MR) is 71.6 cm³/mol. The highest BCUT2D eigenvalue weighted by molar-refractivity contribution is 14.1. The van der Waals surface area contributed by atoms with Crippen molar-refractivity contribution in [1.82, 2.24) is 4.98 Å². The molecule has 2 aromatic rings. The van der Waals surface area contributed by atoms with Gasteiger partial charge in [0.25, 0.3) is 0 Å². The number of ether oxygens (including phenoxy) is 1. The largest absolute Gasteiger partial charge is 0.465 e. The first kappa shape index (κ1) is 11.5. The first-order valence-corrected chi connectivity index (χ1v) is 6.40. The topological polar surface area (TPSA) is 39.2 Å². The number of hydrogen-bond donors (Lipinski definition) is 0. The van der Waals surface area contributed by atoms with Crippen molar-refractivity contribution in [2.24, 2.45) is 0 Å². The van der Waals surface area contributed by atoms with E-state index >= 15 is 0 Å². The summed E-state index contributed by atoms with van der Waals surface area (Å²) < 4.78 is 5.78. The van der Waals surface area contributed by atoms with Crippen molar-refractivity contribution < 1.29 is 9.53 Å². The zero-order valence-electron chi connectivity index (χ0n) is 8.44. The van der Waals surface area contributed by atoms with E-state index in [9.17, 15) is 4.79 Å². The molecule has 0 atom stereocenters. The van der Waals surface area contributed by atoms with Crippen LogP contribution in [0.3, 0.4) is 0 Å². The maximum absolute atomic E-state index is 11.2. The van der Waals surface area contributed by atoms with Crippen LogP contribution in [0.1, 0.15) is 10.4 Å². The minimum absolute atomic E-state index is 0.319. The summed E-state index contributed by atoms with van der Waals surface area (Å²) in [7, 11) is 1.37. The fourth-order valence-corrected chi connectivity index (χ4v) is 2.67. The summed E-state index contributed by atoms with van der Waals surface area (Å²) in [5.41, 5.74) is 1.57. The van der Waals surface area contributed by atoms with Crippen molar-refractivity contribution in [2.75, 3.05) is 7.11 Å².